The van der Waals surface area contributed by atoms with Gasteiger partial charge in [-0.2, -0.15) is 0 Å². The maximum absolute atomic E-state index is 11.8. The second-order valence-corrected chi connectivity index (χ2v) is 9.68. The molecule has 34 heavy (non-hydrogen) atoms. The highest BCUT2D eigenvalue weighted by Gasteiger charge is 2.28. The summed E-state index contributed by atoms with van der Waals surface area (Å²) in [5, 5.41) is 12.3. The molecule has 7 heteroatoms. The smallest absolute Gasteiger partial charge is 0.328 e. The van der Waals surface area contributed by atoms with Gasteiger partial charge < -0.3 is 19.9 Å². The molecule has 0 aromatic rings. The number of amides is 1. The molecule has 0 aromatic heterocycles. The van der Waals surface area contributed by atoms with Crippen LogP contribution in [0.4, 0.5) is 0 Å². The van der Waals surface area contributed by atoms with Gasteiger partial charge in [0.2, 0.25) is 5.91 Å². The summed E-state index contributed by atoms with van der Waals surface area (Å²) in [6.45, 7) is 1.82. The highest BCUT2D eigenvalue weighted by atomic mass is 16.6. The summed E-state index contributed by atoms with van der Waals surface area (Å²) in [6.07, 6.45) is 20.6. The molecule has 0 aromatic carbocycles. The van der Waals surface area contributed by atoms with Gasteiger partial charge in [0.25, 0.3) is 0 Å². The van der Waals surface area contributed by atoms with Gasteiger partial charge in [0, 0.05) is 12.8 Å². The molecular formula is C27H49NO6. The Labute approximate surface area is 206 Å². The lowest BCUT2D eigenvalue weighted by Gasteiger charge is -2.14. The monoisotopic (exact) mass is 483 g/mol. The van der Waals surface area contributed by atoms with Crippen molar-refractivity contribution < 1.29 is 29.0 Å². The second-order valence-electron chi connectivity index (χ2n) is 9.68. The molecule has 1 saturated heterocycles. The molecule has 1 fully saturated rings. The van der Waals surface area contributed by atoms with E-state index in [1.165, 1.54) is 83.5 Å². The van der Waals surface area contributed by atoms with E-state index in [1.807, 2.05) is 0 Å². The molecule has 2 N–H and O–H groups in total. The fraction of sp³-hybridized carbons (Fsp3) is 0.889. The average molecular weight is 484 g/mol. The molecule has 1 unspecified atom stereocenters. The standard InChI is InChI=1S/C27H49NO6/c1-2-3-4-5-6-7-8-9-10-11-12-13-14-15-16-17-18-26(31)33-21-23(29)22-34-27(32)24-19-20-25(30)28-24/h23-24,29H,2-22H2,1H3,(H,28,30)/t23?,24-/m0/s1. The van der Waals surface area contributed by atoms with Gasteiger partial charge in [-0.1, -0.05) is 103 Å². The molecule has 198 valence electrons. The number of hydrogen-bond donors (Lipinski definition) is 2. The molecule has 1 aliphatic rings. The van der Waals surface area contributed by atoms with Crippen LogP contribution in [0.15, 0.2) is 0 Å². The van der Waals surface area contributed by atoms with Crippen molar-refractivity contribution in [2.75, 3.05) is 13.2 Å². The first-order chi connectivity index (χ1) is 16.5. The fourth-order valence-corrected chi connectivity index (χ4v) is 4.20. The lowest BCUT2D eigenvalue weighted by molar-refractivity contribution is -0.154. The first kappa shape index (κ1) is 30.4. The number of rotatable bonds is 22. The lowest BCUT2D eigenvalue weighted by atomic mass is 10.0. The number of esters is 2. The Balaban J connectivity index is 1.82. The summed E-state index contributed by atoms with van der Waals surface area (Å²) >= 11 is 0. The number of ether oxygens (including phenoxy) is 2. The van der Waals surface area contributed by atoms with E-state index in [9.17, 15) is 19.5 Å². The highest BCUT2D eigenvalue weighted by Crippen LogP contribution is 2.14. The summed E-state index contributed by atoms with van der Waals surface area (Å²) in [4.78, 5) is 34.6. The third-order valence-corrected chi connectivity index (χ3v) is 6.37. The van der Waals surface area contributed by atoms with Crippen LogP contribution in [0.3, 0.4) is 0 Å². The summed E-state index contributed by atoms with van der Waals surface area (Å²) < 4.78 is 10.0. The van der Waals surface area contributed by atoms with E-state index in [1.54, 1.807) is 0 Å². The number of carbonyl (C=O) groups excluding carboxylic acids is 3. The van der Waals surface area contributed by atoms with Crippen LogP contribution in [0.1, 0.15) is 129 Å². The van der Waals surface area contributed by atoms with Crippen LogP contribution in [0.2, 0.25) is 0 Å². The van der Waals surface area contributed by atoms with Gasteiger partial charge in [-0.15, -0.1) is 0 Å². The molecule has 1 rings (SSSR count). The van der Waals surface area contributed by atoms with Gasteiger partial charge in [-0.25, -0.2) is 4.79 Å². The first-order valence-electron chi connectivity index (χ1n) is 13.8. The number of unbranched alkanes of at least 4 members (excludes halogenated alkanes) is 15. The first-order valence-corrected chi connectivity index (χ1v) is 13.8. The summed E-state index contributed by atoms with van der Waals surface area (Å²) in [6, 6.07) is -0.642. The van der Waals surface area contributed by atoms with Crippen molar-refractivity contribution in [1.29, 1.82) is 0 Å². The third-order valence-electron chi connectivity index (χ3n) is 6.37. The number of carbonyl (C=O) groups is 3. The van der Waals surface area contributed by atoms with Gasteiger partial charge >= 0.3 is 11.9 Å². The van der Waals surface area contributed by atoms with E-state index in [-0.39, 0.29) is 25.1 Å². The Morgan fingerprint density at radius 1 is 0.824 bits per heavy atom. The molecule has 1 aliphatic heterocycles. The molecular weight excluding hydrogens is 434 g/mol. The molecule has 0 spiro atoms. The Hall–Kier alpha value is -1.63. The van der Waals surface area contributed by atoms with E-state index < -0.39 is 18.1 Å². The van der Waals surface area contributed by atoms with Crippen molar-refractivity contribution >= 4 is 17.8 Å². The zero-order valence-electron chi connectivity index (χ0n) is 21.5. The predicted octanol–water partition coefficient (Wildman–Crippen LogP) is 5.36. The largest absolute Gasteiger partial charge is 0.463 e. The van der Waals surface area contributed by atoms with Crippen molar-refractivity contribution in [1.82, 2.24) is 5.32 Å². The van der Waals surface area contributed by atoms with E-state index in [2.05, 4.69) is 12.2 Å². The minimum Gasteiger partial charge on any atom is -0.463 e. The van der Waals surface area contributed by atoms with Crippen LogP contribution in [-0.2, 0) is 23.9 Å². The molecule has 1 heterocycles. The van der Waals surface area contributed by atoms with Crippen molar-refractivity contribution in [3.8, 4) is 0 Å². The Morgan fingerprint density at radius 2 is 1.29 bits per heavy atom. The molecule has 0 saturated carbocycles. The molecule has 0 bridgehead atoms. The Bertz CT molecular complexity index is 553. The van der Waals surface area contributed by atoms with Crippen LogP contribution >= 0.6 is 0 Å². The topological polar surface area (TPSA) is 102 Å². The van der Waals surface area contributed by atoms with E-state index in [0.29, 0.717) is 19.3 Å². The van der Waals surface area contributed by atoms with Gasteiger partial charge in [0.05, 0.1) is 0 Å². The molecule has 1 amide bonds. The number of aliphatic hydroxyl groups is 1. The van der Waals surface area contributed by atoms with E-state index in [0.717, 1.165) is 19.3 Å². The zero-order valence-corrected chi connectivity index (χ0v) is 21.5. The van der Waals surface area contributed by atoms with E-state index in [4.69, 9.17) is 9.47 Å². The summed E-state index contributed by atoms with van der Waals surface area (Å²) in [5.41, 5.74) is 0. The van der Waals surface area contributed by atoms with Crippen LogP contribution in [0, 0.1) is 0 Å². The van der Waals surface area contributed by atoms with Crippen molar-refractivity contribution in [2.24, 2.45) is 0 Å². The van der Waals surface area contributed by atoms with Gasteiger partial charge in [-0.3, -0.25) is 9.59 Å². The second kappa shape index (κ2) is 20.7. The van der Waals surface area contributed by atoms with Gasteiger partial charge in [0.15, 0.2) is 0 Å². The van der Waals surface area contributed by atoms with Gasteiger partial charge in [0.1, 0.15) is 25.4 Å². The summed E-state index contributed by atoms with van der Waals surface area (Å²) in [5.74, 6) is -1.08. The Kier molecular flexibility index (Phi) is 18.5. The quantitative estimate of drug-likeness (QED) is 0.159. The third kappa shape index (κ3) is 16.9. The normalized spacial score (nSPS) is 16.3. The van der Waals surface area contributed by atoms with Crippen LogP contribution in [-0.4, -0.2) is 48.3 Å². The van der Waals surface area contributed by atoms with E-state index >= 15 is 0 Å². The van der Waals surface area contributed by atoms with Crippen molar-refractivity contribution in [2.45, 2.75) is 141 Å². The average Bonchev–Trinajstić information content (AvgIpc) is 3.27. The molecule has 0 radical (unpaired) electrons. The van der Waals surface area contributed by atoms with Crippen molar-refractivity contribution in [3.05, 3.63) is 0 Å². The fourth-order valence-electron chi connectivity index (χ4n) is 4.20. The number of hydrogen-bond acceptors (Lipinski definition) is 6. The van der Waals surface area contributed by atoms with Crippen LogP contribution in [0.25, 0.3) is 0 Å². The van der Waals surface area contributed by atoms with Gasteiger partial charge in [-0.05, 0) is 12.8 Å². The maximum atomic E-state index is 11.8. The predicted molar refractivity (Wildman–Crippen MR) is 133 cm³/mol. The SMILES string of the molecule is CCCCCCCCCCCCCCCCCCC(=O)OCC(O)COC(=O)[C@@H]1CCC(=O)N1. The van der Waals surface area contributed by atoms with Crippen LogP contribution in [0.5, 0.6) is 0 Å². The Morgan fingerprint density at radius 3 is 1.76 bits per heavy atom. The zero-order chi connectivity index (χ0) is 24.9. The highest BCUT2D eigenvalue weighted by molar-refractivity contribution is 5.88. The minimum absolute atomic E-state index is 0.175. The molecule has 7 nitrogen and oxygen atoms in total. The summed E-state index contributed by atoms with van der Waals surface area (Å²) in [7, 11) is 0. The number of aliphatic hydroxyl groups excluding tert-OH is 1. The van der Waals surface area contributed by atoms with Crippen molar-refractivity contribution in [3.63, 3.8) is 0 Å². The number of nitrogens with one attached hydrogen (secondary N) is 1. The minimum atomic E-state index is -1.06. The molecule has 0 aliphatic carbocycles. The van der Waals surface area contributed by atoms with Crippen LogP contribution < -0.4 is 5.32 Å². The molecule has 2 atom stereocenters. The maximum Gasteiger partial charge on any atom is 0.328 e. The lowest BCUT2D eigenvalue weighted by Crippen LogP contribution is -2.36.